The number of benzene rings is 2. The lowest BCUT2D eigenvalue weighted by molar-refractivity contribution is -0.137. The lowest BCUT2D eigenvalue weighted by atomic mass is 9.92. The molecule has 0 heterocycles. The maximum atomic E-state index is 10.9. The number of rotatable bonds is 6. The van der Waals surface area contributed by atoms with Gasteiger partial charge in [0.2, 0.25) is 0 Å². The Morgan fingerprint density at radius 1 is 1.14 bits per heavy atom. The Morgan fingerprint density at radius 2 is 1.86 bits per heavy atom. The molecule has 0 aliphatic rings. The van der Waals surface area contributed by atoms with Crippen molar-refractivity contribution in [1.29, 1.82) is 0 Å². The van der Waals surface area contributed by atoms with Crippen molar-refractivity contribution < 1.29 is 9.90 Å². The van der Waals surface area contributed by atoms with Crippen LogP contribution in [0.25, 0.3) is 11.1 Å². The average molecular weight is 297 g/mol. The van der Waals surface area contributed by atoms with Crippen LogP contribution in [-0.4, -0.2) is 30.1 Å². The van der Waals surface area contributed by atoms with Gasteiger partial charge in [-0.3, -0.25) is 4.79 Å². The molecule has 0 amide bonds. The van der Waals surface area contributed by atoms with Crippen LogP contribution in [0, 0.1) is 0 Å². The van der Waals surface area contributed by atoms with Gasteiger partial charge in [0.25, 0.3) is 0 Å². The van der Waals surface area contributed by atoms with Crippen LogP contribution in [-0.2, 0) is 11.3 Å². The van der Waals surface area contributed by atoms with Crippen molar-refractivity contribution in [2.75, 3.05) is 14.1 Å². The molecule has 22 heavy (non-hydrogen) atoms. The first-order valence-corrected chi connectivity index (χ1v) is 7.52. The summed E-state index contributed by atoms with van der Waals surface area (Å²) in [7, 11) is 4.12. The smallest absolute Gasteiger partial charge is 0.303 e. The Kier molecular flexibility index (Phi) is 5.34. The highest BCUT2D eigenvalue weighted by Gasteiger charge is 2.12. The lowest BCUT2D eigenvalue weighted by Gasteiger charge is -2.16. The van der Waals surface area contributed by atoms with E-state index in [2.05, 4.69) is 49.3 Å². The molecule has 2 aromatic carbocycles. The Bertz CT molecular complexity index is 649. The molecule has 0 saturated heterocycles. The van der Waals surface area contributed by atoms with Crippen LogP contribution >= 0.6 is 0 Å². The zero-order chi connectivity index (χ0) is 16.1. The standard InChI is InChI=1S/C19H23NO2/c1-14(11-19(21)22)15-8-6-9-16(12-15)18-10-5-4-7-17(18)13-20(2)3/h4-10,12,14H,11,13H2,1-3H3,(H,21,22). The molecule has 1 atom stereocenters. The Labute approximate surface area is 132 Å². The van der Waals surface area contributed by atoms with Gasteiger partial charge in [-0.05, 0) is 42.3 Å². The quantitative estimate of drug-likeness (QED) is 0.876. The molecule has 0 radical (unpaired) electrons. The lowest BCUT2D eigenvalue weighted by Crippen LogP contribution is -2.11. The molecule has 1 N–H and O–H groups in total. The monoisotopic (exact) mass is 297 g/mol. The van der Waals surface area contributed by atoms with E-state index in [1.54, 1.807) is 0 Å². The van der Waals surface area contributed by atoms with Gasteiger partial charge >= 0.3 is 5.97 Å². The molecule has 116 valence electrons. The first kappa shape index (κ1) is 16.2. The van der Waals surface area contributed by atoms with E-state index < -0.39 is 5.97 Å². The molecule has 3 nitrogen and oxygen atoms in total. The average Bonchev–Trinajstić information content (AvgIpc) is 2.46. The SMILES string of the molecule is CC(CC(=O)O)c1cccc(-c2ccccc2CN(C)C)c1. The first-order chi connectivity index (χ1) is 10.5. The molecule has 0 fully saturated rings. The molecular weight excluding hydrogens is 274 g/mol. The van der Waals surface area contributed by atoms with Crippen LogP contribution in [0.1, 0.15) is 30.4 Å². The van der Waals surface area contributed by atoms with Crippen molar-refractivity contribution in [2.45, 2.75) is 25.8 Å². The Balaban J connectivity index is 2.36. The van der Waals surface area contributed by atoms with E-state index in [1.165, 1.54) is 11.1 Å². The number of hydrogen-bond acceptors (Lipinski definition) is 2. The van der Waals surface area contributed by atoms with Crippen LogP contribution in [0.5, 0.6) is 0 Å². The summed E-state index contributed by atoms with van der Waals surface area (Å²) in [5.41, 5.74) is 4.70. The van der Waals surface area contributed by atoms with Gasteiger partial charge in [-0.25, -0.2) is 0 Å². The second-order valence-corrected chi connectivity index (χ2v) is 6.02. The molecule has 2 rings (SSSR count). The number of carboxylic acid groups (broad SMARTS) is 1. The summed E-state index contributed by atoms with van der Waals surface area (Å²) >= 11 is 0. The topological polar surface area (TPSA) is 40.5 Å². The normalized spacial score (nSPS) is 12.4. The van der Waals surface area contributed by atoms with Crippen molar-refractivity contribution in [3.63, 3.8) is 0 Å². The number of carbonyl (C=O) groups is 1. The number of aliphatic carboxylic acids is 1. The summed E-state index contributed by atoms with van der Waals surface area (Å²) < 4.78 is 0. The van der Waals surface area contributed by atoms with Crippen molar-refractivity contribution in [3.8, 4) is 11.1 Å². The van der Waals surface area contributed by atoms with E-state index in [0.717, 1.165) is 17.7 Å². The molecule has 0 bridgehead atoms. The highest BCUT2D eigenvalue weighted by Crippen LogP contribution is 2.28. The molecule has 2 aromatic rings. The maximum absolute atomic E-state index is 10.9. The van der Waals surface area contributed by atoms with Crippen LogP contribution in [0.3, 0.4) is 0 Å². The summed E-state index contributed by atoms with van der Waals surface area (Å²) in [5.74, 6) is -0.746. The highest BCUT2D eigenvalue weighted by molar-refractivity contribution is 5.70. The molecule has 0 aromatic heterocycles. The zero-order valence-electron chi connectivity index (χ0n) is 13.4. The van der Waals surface area contributed by atoms with E-state index in [-0.39, 0.29) is 12.3 Å². The molecule has 3 heteroatoms. The largest absolute Gasteiger partial charge is 0.481 e. The van der Waals surface area contributed by atoms with Crippen molar-refractivity contribution in [1.82, 2.24) is 4.90 Å². The van der Waals surface area contributed by atoms with E-state index in [0.29, 0.717) is 0 Å². The number of carboxylic acids is 1. The van der Waals surface area contributed by atoms with Gasteiger partial charge in [-0.2, -0.15) is 0 Å². The predicted octanol–water partition coefficient (Wildman–Crippen LogP) is 3.99. The van der Waals surface area contributed by atoms with Crippen molar-refractivity contribution >= 4 is 5.97 Å². The summed E-state index contributed by atoms with van der Waals surface area (Å²) in [6, 6.07) is 16.6. The van der Waals surface area contributed by atoms with Gasteiger partial charge in [-0.15, -0.1) is 0 Å². The summed E-state index contributed by atoms with van der Waals surface area (Å²) in [6.45, 7) is 2.84. The van der Waals surface area contributed by atoms with Gasteiger partial charge in [0.1, 0.15) is 0 Å². The molecular formula is C19H23NO2. The zero-order valence-corrected chi connectivity index (χ0v) is 13.4. The van der Waals surface area contributed by atoms with Gasteiger partial charge in [0.05, 0.1) is 6.42 Å². The third-order valence-electron chi connectivity index (χ3n) is 3.75. The maximum Gasteiger partial charge on any atom is 0.303 e. The predicted molar refractivity (Wildman–Crippen MR) is 89.9 cm³/mol. The van der Waals surface area contributed by atoms with Gasteiger partial charge in [-0.1, -0.05) is 55.5 Å². The van der Waals surface area contributed by atoms with Crippen LogP contribution in [0.2, 0.25) is 0 Å². The third-order valence-corrected chi connectivity index (χ3v) is 3.75. The minimum atomic E-state index is -0.758. The van der Waals surface area contributed by atoms with Gasteiger partial charge < -0.3 is 10.0 Å². The molecule has 0 saturated carbocycles. The molecule has 0 aliphatic heterocycles. The minimum Gasteiger partial charge on any atom is -0.481 e. The van der Waals surface area contributed by atoms with Crippen LogP contribution < -0.4 is 0 Å². The first-order valence-electron chi connectivity index (χ1n) is 7.52. The van der Waals surface area contributed by atoms with E-state index >= 15 is 0 Å². The summed E-state index contributed by atoms with van der Waals surface area (Å²) in [5, 5.41) is 8.97. The number of nitrogens with zero attached hydrogens (tertiary/aromatic N) is 1. The third kappa shape index (κ3) is 4.18. The molecule has 0 spiro atoms. The van der Waals surface area contributed by atoms with E-state index in [1.807, 2.05) is 25.1 Å². The van der Waals surface area contributed by atoms with Crippen molar-refractivity contribution in [2.24, 2.45) is 0 Å². The summed E-state index contributed by atoms with van der Waals surface area (Å²) in [6.07, 6.45) is 0.156. The fourth-order valence-corrected chi connectivity index (χ4v) is 2.67. The Morgan fingerprint density at radius 3 is 2.55 bits per heavy atom. The van der Waals surface area contributed by atoms with Crippen LogP contribution in [0.4, 0.5) is 0 Å². The second kappa shape index (κ2) is 7.23. The molecule has 1 unspecified atom stereocenters. The fourth-order valence-electron chi connectivity index (χ4n) is 2.67. The van der Waals surface area contributed by atoms with Gasteiger partial charge in [0.15, 0.2) is 0 Å². The van der Waals surface area contributed by atoms with Crippen LogP contribution in [0.15, 0.2) is 48.5 Å². The summed E-state index contributed by atoms with van der Waals surface area (Å²) in [4.78, 5) is 13.1. The second-order valence-electron chi connectivity index (χ2n) is 6.02. The van der Waals surface area contributed by atoms with E-state index in [9.17, 15) is 4.79 Å². The molecule has 0 aliphatic carbocycles. The minimum absolute atomic E-state index is 0.0125. The van der Waals surface area contributed by atoms with Crippen molar-refractivity contribution in [3.05, 3.63) is 59.7 Å². The fraction of sp³-hybridized carbons (Fsp3) is 0.316. The highest BCUT2D eigenvalue weighted by atomic mass is 16.4. The van der Waals surface area contributed by atoms with Gasteiger partial charge in [0, 0.05) is 6.54 Å². The van der Waals surface area contributed by atoms with E-state index in [4.69, 9.17) is 5.11 Å². The number of hydrogen-bond donors (Lipinski definition) is 1. The Hall–Kier alpha value is -2.13.